The van der Waals surface area contributed by atoms with Crippen molar-refractivity contribution in [2.75, 3.05) is 11.9 Å². The lowest BCUT2D eigenvalue weighted by atomic mass is 10.2. The molecule has 0 unspecified atom stereocenters. The van der Waals surface area contributed by atoms with E-state index in [9.17, 15) is 23.3 Å². The van der Waals surface area contributed by atoms with E-state index in [-0.39, 0.29) is 30.3 Å². The molecule has 1 aromatic heterocycles. The number of fused-ring (bicyclic) bond motifs is 1. The molecule has 0 aliphatic carbocycles. The van der Waals surface area contributed by atoms with Crippen LogP contribution in [-0.4, -0.2) is 22.6 Å². The first-order chi connectivity index (χ1) is 9.85. The van der Waals surface area contributed by atoms with Gasteiger partial charge in [-0.2, -0.15) is 18.2 Å². The van der Waals surface area contributed by atoms with Gasteiger partial charge in [0.25, 0.3) is 11.7 Å². The Morgan fingerprint density at radius 1 is 1.33 bits per heavy atom. The third kappa shape index (κ3) is 4.33. The van der Waals surface area contributed by atoms with Crippen LogP contribution in [0.1, 0.15) is 19.3 Å². The van der Waals surface area contributed by atoms with E-state index in [0.29, 0.717) is 11.9 Å². The summed E-state index contributed by atoms with van der Waals surface area (Å²) in [6.45, 7) is 0.283. The second-order valence-corrected chi connectivity index (χ2v) is 4.43. The zero-order valence-electron chi connectivity index (χ0n) is 10.8. The quantitative estimate of drug-likeness (QED) is 0.497. The van der Waals surface area contributed by atoms with E-state index in [1.807, 2.05) is 0 Å². The second-order valence-electron chi connectivity index (χ2n) is 4.43. The molecule has 2 aromatic rings. The average Bonchev–Trinajstić information content (AvgIpc) is 2.78. The van der Waals surface area contributed by atoms with E-state index in [4.69, 9.17) is 4.42 Å². The smallest absolute Gasteiger partial charge is 0.389 e. The third-order valence-corrected chi connectivity index (χ3v) is 2.75. The highest BCUT2D eigenvalue weighted by Crippen LogP contribution is 2.24. The Bertz CT molecular complexity index is 639. The van der Waals surface area contributed by atoms with E-state index in [2.05, 4.69) is 10.3 Å². The summed E-state index contributed by atoms with van der Waals surface area (Å²) < 4.78 is 41.1. The number of nitrogens with one attached hydrogen (secondary N) is 1. The first-order valence-electron chi connectivity index (χ1n) is 6.21. The number of non-ortho nitro benzene ring substituents is 1. The van der Waals surface area contributed by atoms with E-state index in [0.717, 1.165) is 0 Å². The molecule has 1 N–H and O–H groups in total. The first-order valence-corrected chi connectivity index (χ1v) is 6.21. The summed E-state index contributed by atoms with van der Waals surface area (Å²) in [5, 5.41) is 13.4. The lowest BCUT2D eigenvalue weighted by molar-refractivity contribution is -0.384. The number of nitro groups is 1. The number of aromatic nitrogens is 1. The molecule has 0 fully saturated rings. The minimum absolute atomic E-state index is 0.0161. The Morgan fingerprint density at radius 2 is 2.10 bits per heavy atom. The fourth-order valence-electron chi connectivity index (χ4n) is 1.75. The van der Waals surface area contributed by atoms with Crippen LogP contribution in [0.3, 0.4) is 0 Å². The Labute approximate surface area is 117 Å². The van der Waals surface area contributed by atoms with Crippen molar-refractivity contribution in [1.82, 2.24) is 4.98 Å². The topological polar surface area (TPSA) is 81.2 Å². The monoisotopic (exact) mass is 303 g/mol. The predicted molar refractivity (Wildman–Crippen MR) is 69.1 cm³/mol. The first kappa shape index (κ1) is 15.1. The van der Waals surface area contributed by atoms with Gasteiger partial charge in [-0.05, 0) is 18.9 Å². The number of rotatable bonds is 6. The molecular formula is C12H12F3N3O3. The SMILES string of the molecule is O=[N+]([O-])c1ccc2nc(NCCCCC(F)(F)F)oc2c1. The highest BCUT2D eigenvalue weighted by molar-refractivity contribution is 5.77. The number of hydrogen-bond acceptors (Lipinski definition) is 5. The summed E-state index contributed by atoms with van der Waals surface area (Å²) in [7, 11) is 0. The average molecular weight is 303 g/mol. The van der Waals surface area contributed by atoms with Crippen molar-refractivity contribution in [3.05, 3.63) is 28.3 Å². The minimum Gasteiger partial charge on any atom is -0.423 e. The number of oxazole rings is 1. The van der Waals surface area contributed by atoms with E-state index in [1.165, 1.54) is 18.2 Å². The summed E-state index contributed by atoms with van der Waals surface area (Å²) in [6, 6.07) is 4.14. The number of benzene rings is 1. The summed E-state index contributed by atoms with van der Waals surface area (Å²) in [4.78, 5) is 14.1. The van der Waals surface area contributed by atoms with Gasteiger partial charge >= 0.3 is 6.18 Å². The van der Waals surface area contributed by atoms with Crippen molar-refractivity contribution >= 4 is 22.8 Å². The maximum atomic E-state index is 11.9. The molecular weight excluding hydrogens is 291 g/mol. The summed E-state index contributed by atoms with van der Waals surface area (Å²) in [5.74, 6) is 0. The molecule has 0 bridgehead atoms. The van der Waals surface area contributed by atoms with Crippen LogP contribution in [0.25, 0.3) is 11.1 Å². The number of unbranched alkanes of at least 4 members (excludes halogenated alkanes) is 1. The number of halogens is 3. The van der Waals surface area contributed by atoms with Crippen LogP contribution in [0.5, 0.6) is 0 Å². The zero-order chi connectivity index (χ0) is 15.5. The maximum Gasteiger partial charge on any atom is 0.389 e. The second kappa shape index (κ2) is 5.98. The summed E-state index contributed by atoms with van der Waals surface area (Å²) in [6.07, 6.45) is -4.63. The molecule has 9 heteroatoms. The molecule has 21 heavy (non-hydrogen) atoms. The molecule has 0 radical (unpaired) electrons. The summed E-state index contributed by atoms with van der Waals surface area (Å²) >= 11 is 0. The van der Waals surface area contributed by atoms with Crippen LogP contribution >= 0.6 is 0 Å². The maximum absolute atomic E-state index is 11.9. The van der Waals surface area contributed by atoms with Crippen LogP contribution in [-0.2, 0) is 0 Å². The predicted octanol–water partition coefficient (Wildman–Crippen LogP) is 3.88. The van der Waals surface area contributed by atoms with Gasteiger partial charge < -0.3 is 9.73 Å². The molecule has 1 heterocycles. The normalized spacial score (nSPS) is 11.8. The molecule has 0 aliphatic rings. The van der Waals surface area contributed by atoms with Crippen LogP contribution in [0.2, 0.25) is 0 Å². The van der Waals surface area contributed by atoms with Gasteiger partial charge in [-0.3, -0.25) is 10.1 Å². The zero-order valence-corrected chi connectivity index (χ0v) is 10.8. The van der Waals surface area contributed by atoms with Gasteiger partial charge in [0.15, 0.2) is 5.58 Å². The van der Waals surface area contributed by atoms with Crippen molar-refractivity contribution in [3.63, 3.8) is 0 Å². The standard InChI is InChI=1S/C12H12F3N3O3/c13-12(14,15)5-1-2-6-16-11-17-9-4-3-8(18(19)20)7-10(9)21-11/h3-4,7H,1-2,5-6H2,(H,16,17). The van der Waals surface area contributed by atoms with Gasteiger partial charge in [0.2, 0.25) is 0 Å². The highest BCUT2D eigenvalue weighted by atomic mass is 19.4. The summed E-state index contributed by atoms with van der Waals surface area (Å²) in [5.41, 5.74) is 0.579. The lowest BCUT2D eigenvalue weighted by Crippen LogP contribution is -2.08. The van der Waals surface area contributed by atoms with Gasteiger partial charge in [-0.25, -0.2) is 0 Å². The van der Waals surface area contributed by atoms with Crippen molar-refractivity contribution in [1.29, 1.82) is 0 Å². The molecule has 0 atom stereocenters. The number of nitro benzene ring substituents is 1. The number of hydrogen-bond donors (Lipinski definition) is 1. The highest BCUT2D eigenvalue weighted by Gasteiger charge is 2.25. The Morgan fingerprint density at radius 3 is 2.76 bits per heavy atom. The van der Waals surface area contributed by atoms with Crippen molar-refractivity contribution < 1.29 is 22.5 Å². The number of anilines is 1. The van der Waals surface area contributed by atoms with Gasteiger partial charge in [0.1, 0.15) is 5.52 Å². The van der Waals surface area contributed by atoms with Crippen molar-refractivity contribution in [3.8, 4) is 0 Å². The molecule has 114 valence electrons. The molecule has 0 amide bonds. The molecule has 6 nitrogen and oxygen atoms in total. The Hall–Kier alpha value is -2.32. The third-order valence-electron chi connectivity index (χ3n) is 2.75. The number of alkyl halides is 3. The van der Waals surface area contributed by atoms with E-state index >= 15 is 0 Å². The molecule has 0 spiro atoms. The Kier molecular flexibility index (Phi) is 4.29. The van der Waals surface area contributed by atoms with Gasteiger partial charge in [0.05, 0.1) is 11.0 Å². The van der Waals surface area contributed by atoms with Gasteiger partial charge in [-0.1, -0.05) is 0 Å². The van der Waals surface area contributed by atoms with Crippen LogP contribution in [0.15, 0.2) is 22.6 Å². The van der Waals surface area contributed by atoms with Crippen molar-refractivity contribution in [2.24, 2.45) is 0 Å². The fraction of sp³-hybridized carbons (Fsp3) is 0.417. The molecule has 0 saturated heterocycles. The lowest BCUT2D eigenvalue weighted by Gasteiger charge is -2.05. The number of nitrogens with zero attached hydrogens (tertiary/aromatic N) is 2. The Balaban J connectivity index is 1.89. The van der Waals surface area contributed by atoms with E-state index < -0.39 is 17.5 Å². The van der Waals surface area contributed by atoms with Crippen LogP contribution in [0, 0.1) is 10.1 Å². The van der Waals surface area contributed by atoms with Gasteiger partial charge in [0, 0.05) is 19.0 Å². The molecule has 2 rings (SSSR count). The van der Waals surface area contributed by atoms with Crippen LogP contribution in [0.4, 0.5) is 24.9 Å². The minimum atomic E-state index is -4.14. The largest absolute Gasteiger partial charge is 0.423 e. The van der Waals surface area contributed by atoms with Crippen LogP contribution < -0.4 is 5.32 Å². The van der Waals surface area contributed by atoms with Gasteiger partial charge in [-0.15, -0.1) is 0 Å². The van der Waals surface area contributed by atoms with E-state index in [1.54, 1.807) is 0 Å². The van der Waals surface area contributed by atoms with Crippen molar-refractivity contribution in [2.45, 2.75) is 25.4 Å². The fourth-order valence-corrected chi connectivity index (χ4v) is 1.75. The molecule has 0 saturated carbocycles. The molecule has 1 aromatic carbocycles. The molecule has 0 aliphatic heterocycles.